The Balaban J connectivity index is 2.17. The van der Waals surface area contributed by atoms with Gasteiger partial charge in [-0.1, -0.05) is 15.9 Å². The average molecular weight is 318 g/mol. The van der Waals surface area contributed by atoms with Crippen molar-refractivity contribution in [2.75, 3.05) is 17.2 Å². The Labute approximate surface area is 119 Å². The Hall–Kier alpha value is -2.13. The van der Waals surface area contributed by atoms with Crippen LogP contribution in [0.4, 0.5) is 17.3 Å². The fraction of sp³-hybridized carbons (Fsp3) is 0.154. The van der Waals surface area contributed by atoms with Crippen LogP contribution in [0.5, 0.6) is 0 Å². The lowest BCUT2D eigenvalue weighted by atomic mass is 10.3. The molecule has 1 aromatic carbocycles. The van der Waals surface area contributed by atoms with Crippen molar-refractivity contribution in [1.82, 2.24) is 9.97 Å². The van der Waals surface area contributed by atoms with Gasteiger partial charge in [0, 0.05) is 16.2 Å². The maximum absolute atomic E-state index is 8.55. The van der Waals surface area contributed by atoms with Crippen molar-refractivity contribution in [3.8, 4) is 6.07 Å². The van der Waals surface area contributed by atoms with Crippen LogP contribution in [-0.4, -0.2) is 16.5 Å². The minimum atomic E-state index is 0.216. The molecule has 0 amide bonds. The number of nitriles is 1. The highest BCUT2D eigenvalue weighted by Crippen LogP contribution is 2.19. The zero-order chi connectivity index (χ0) is 13.7. The summed E-state index contributed by atoms with van der Waals surface area (Å²) in [5.41, 5.74) is 0.938. The molecule has 0 unspecified atom stereocenters. The van der Waals surface area contributed by atoms with Crippen molar-refractivity contribution in [3.63, 3.8) is 0 Å². The molecular weight excluding hydrogens is 306 g/mol. The first kappa shape index (κ1) is 13.3. The molecule has 2 rings (SSSR count). The Kier molecular flexibility index (Phi) is 4.31. The lowest BCUT2D eigenvalue weighted by Crippen LogP contribution is -2.04. The minimum Gasteiger partial charge on any atom is -0.357 e. The number of hydrogen-bond acceptors (Lipinski definition) is 5. The van der Waals surface area contributed by atoms with Gasteiger partial charge in [-0.25, -0.2) is 9.97 Å². The number of hydrogen-bond donors (Lipinski definition) is 2. The monoisotopic (exact) mass is 317 g/mol. The van der Waals surface area contributed by atoms with Gasteiger partial charge in [0.05, 0.1) is 6.07 Å². The van der Waals surface area contributed by atoms with E-state index in [1.165, 1.54) is 0 Å². The van der Waals surface area contributed by atoms with Crippen molar-refractivity contribution in [1.29, 1.82) is 5.26 Å². The first-order chi connectivity index (χ1) is 9.17. The number of nitrogens with one attached hydrogen (secondary N) is 2. The highest BCUT2D eigenvalue weighted by molar-refractivity contribution is 9.10. The van der Waals surface area contributed by atoms with Crippen molar-refractivity contribution in [2.45, 2.75) is 6.92 Å². The second-order valence-electron chi connectivity index (χ2n) is 3.83. The molecule has 1 heterocycles. The molecule has 0 bridgehead atoms. The third-order valence-electron chi connectivity index (χ3n) is 2.30. The number of halogens is 1. The van der Waals surface area contributed by atoms with E-state index in [9.17, 15) is 0 Å². The van der Waals surface area contributed by atoms with E-state index < -0.39 is 0 Å². The zero-order valence-corrected chi connectivity index (χ0v) is 11.9. The highest BCUT2D eigenvalue weighted by atomic mass is 79.9. The fourth-order valence-electron chi connectivity index (χ4n) is 1.53. The summed E-state index contributed by atoms with van der Waals surface area (Å²) in [6.45, 7) is 2.03. The van der Waals surface area contributed by atoms with Crippen LogP contribution in [0.1, 0.15) is 5.82 Å². The van der Waals surface area contributed by atoms with Gasteiger partial charge in [0.25, 0.3) is 0 Å². The van der Waals surface area contributed by atoms with Crippen molar-refractivity contribution in [2.24, 2.45) is 0 Å². The van der Waals surface area contributed by atoms with E-state index in [0.717, 1.165) is 10.2 Å². The molecule has 0 aliphatic rings. The molecule has 0 saturated heterocycles. The number of nitrogens with zero attached hydrogens (tertiary/aromatic N) is 3. The zero-order valence-electron chi connectivity index (χ0n) is 10.3. The smallest absolute Gasteiger partial charge is 0.136 e. The van der Waals surface area contributed by atoms with E-state index in [2.05, 4.69) is 36.5 Å². The van der Waals surface area contributed by atoms with Crippen LogP contribution < -0.4 is 10.6 Å². The number of aromatic nitrogens is 2. The Morgan fingerprint density at radius 3 is 2.58 bits per heavy atom. The molecule has 0 aliphatic heterocycles. The molecule has 0 spiro atoms. The molecule has 6 heteroatoms. The molecule has 0 fully saturated rings. The van der Waals surface area contributed by atoms with E-state index in [1.54, 1.807) is 6.07 Å². The molecule has 0 saturated carbocycles. The van der Waals surface area contributed by atoms with Gasteiger partial charge >= 0.3 is 0 Å². The SMILES string of the molecule is Cc1nc(NCC#N)cc(Nc2ccc(Br)cc2)n1. The predicted octanol–water partition coefficient (Wildman–Crippen LogP) is 3.23. The van der Waals surface area contributed by atoms with Crippen LogP contribution in [0, 0.1) is 18.3 Å². The van der Waals surface area contributed by atoms with E-state index in [4.69, 9.17) is 5.26 Å². The normalized spacial score (nSPS) is 9.74. The van der Waals surface area contributed by atoms with E-state index in [-0.39, 0.29) is 6.54 Å². The number of rotatable bonds is 4. The maximum Gasteiger partial charge on any atom is 0.136 e. The summed E-state index contributed by atoms with van der Waals surface area (Å²) < 4.78 is 1.02. The van der Waals surface area contributed by atoms with Gasteiger partial charge in [-0.15, -0.1) is 0 Å². The molecule has 0 atom stereocenters. The Morgan fingerprint density at radius 2 is 1.89 bits per heavy atom. The molecule has 0 radical (unpaired) electrons. The summed E-state index contributed by atoms with van der Waals surface area (Å²) >= 11 is 3.39. The molecular formula is C13H12BrN5. The standard InChI is InChI=1S/C13H12BrN5/c1-9-17-12(16-7-6-15)8-13(18-9)19-11-4-2-10(14)3-5-11/h2-5,8H,7H2,1H3,(H2,16,17,18,19). The van der Waals surface area contributed by atoms with Gasteiger partial charge in [0.2, 0.25) is 0 Å². The molecule has 2 N–H and O–H groups in total. The summed E-state index contributed by atoms with van der Waals surface area (Å²) in [5.74, 6) is 1.96. The summed E-state index contributed by atoms with van der Waals surface area (Å²) in [4.78, 5) is 8.51. The second-order valence-corrected chi connectivity index (χ2v) is 4.74. The lowest BCUT2D eigenvalue weighted by molar-refractivity contribution is 1.05. The van der Waals surface area contributed by atoms with E-state index in [0.29, 0.717) is 17.5 Å². The highest BCUT2D eigenvalue weighted by Gasteiger charge is 2.02. The van der Waals surface area contributed by atoms with Crippen LogP contribution in [0.15, 0.2) is 34.8 Å². The van der Waals surface area contributed by atoms with Crippen LogP contribution in [0.25, 0.3) is 0 Å². The molecule has 96 valence electrons. The Bertz CT molecular complexity index is 603. The summed E-state index contributed by atoms with van der Waals surface area (Å²) in [6.07, 6.45) is 0. The largest absolute Gasteiger partial charge is 0.357 e. The quantitative estimate of drug-likeness (QED) is 0.847. The van der Waals surface area contributed by atoms with Crippen molar-refractivity contribution >= 4 is 33.3 Å². The van der Waals surface area contributed by atoms with Crippen LogP contribution in [0.3, 0.4) is 0 Å². The second kappa shape index (κ2) is 6.16. The number of benzene rings is 1. The average Bonchev–Trinajstić information content (AvgIpc) is 2.38. The van der Waals surface area contributed by atoms with Crippen molar-refractivity contribution < 1.29 is 0 Å². The summed E-state index contributed by atoms with van der Waals surface area (Å²) in [5, 5.41) is 14.7. The first-order valence-electron chi connectivity index (χ1n) is 5.66. The minimum absolute atomic E-state index is 0.216. The first-order valence-corrected chi connectivity index (χ1v) is 6.46. The summed E-state index contributed by atoms with van der Waals surface area (Å²) in [6, 6.07) is 11.6. The third kappa shape index (κ3) is 3.93. The summed E-state index contributed by atoms with van der Waals surface area (Å²) in [7, 11) is 0. The van der Waals surface area contributed by atoms with Gasteiger partial charge in [-0.2, -0.15) is 5.26 Å². The van der Waals surface area contributed by atoms with Gasteiger partial charge in [-0.3, -0.25) is 0 Å². The topological polar surface area (TPSA) is 73.6 Å². The molecule has 2 aromatic rings. The number of aryl methyl sites for hydroxylation is 1. The van der Waals surface area contributed by atoms with Crippen molar-refractivity contribution in [3.05, 3.63) is 40.6 Å². The maximum atomic E-state index is 8.55. The van der Waals surface area contributed by atoms with Crippen LogP contribution >= 0.6 is 15.9 Å². The molecule has 5 nitrogen and oxygen atoms in total. The molecule has 0 aliphatic carbocycles. The predicted molar refractivity (Wildman–Crippen MR) is 78.3 cm³/mol. The van der Waals surface area contributed by atoms with E-state index >= 15 is 0 Å². The van der Waals surface area contributed by atoms with Gasteiger partial charge in [-0.05, 0) is 31.2 Å². The number of anilines is 3. The van der Waals surface area contributed by atoms with Crippen LogP contribution in [-0.2, 0) is 0 Å². The van der Waals surface area contributed by atoms with Gasteiger partial charge < -0.3 is 10.6 Å². The Morgan fingerprint density at radius 1 is 1.21 bits per heavy atom. The third-order valence-corrected chi connectivity index (χ3v) is 2.83. The van der Waals surface area contributed by atoms with Gasteiger partial charge in [0.1, 0.15) is 24.0 Å². The molecule has 19 heavy (non-hydrogen) atoms. The lowest BCUT2D eigenvalue weighted by Gasteiger charge is -2.08. The fourth-order valence-corrected chi connectivity index (χ4v) is 1.80. The molecule has 1 aromatic heterocycles. The van der Waals surface area contributed by atoms with Gasteiger partial charge in [0.15, 0.2) is 0 Å². The van der Waals surface area contributed by atoms with E-state index in [1.807, 2.05) is 37.3 Å². The van der Waals surface area contributed by atoms with Crippen LogP contribution in [0.2, 0.25) is 0 Å².